The van der Waals surface area contributed by atoms with Crippen LogP contribution in [0.4, 0.5) is 5.69 Å². The van der Waals surface area contributed by atoms with E-state index in [2.05, 4.69) is 41.4 Å². The van der Waals surface area contributed by atoms with Gasteiger partial charge in [-0.2, -0.15) is 0 Å². The van der Waals surface area contributed by atoms with E-state index in [0.29, 0.717) is 19.4 Å². The normalized spacial score (nSPS) is 15.6. The zero-order valence-electron chi connectivity index (χ0n) is 17.0. The topological polar surface area (TPSA) is 58.4 Å². The minimum absolute atomic E-state index is 0. The SMILES string of the molecule is CC1CCN(C(CNC(=O)CCc2ccccc2N)c2ccccc2)CC1.Cl.Cl. The summed E-state index contributed by atoms with van der Waals surface area (Å²) in [5.41, 5.74) is 9.05. The van der Waals surface area contributed by atoms with Gasteiger partial charge in [0.1, 0.15) is 0 Å². The number of nitrogen functional groups attached to an aromatic ring is 1. The zero-order valence-corrected chi connectivity index (χ0v) is 18.7. The van der Waals surface area contributed by atoms with Crippen molar-refractivity contribution in [2.24, 2.45) is 5.92 Å². The quantitative estimate of drug-likeness (QED) is 0.620. The molecule has 1 fully saturated rings. The molecule has 2 aromatic carbocycles. The number of benzene rings is 2. The van der Waals surface area contributed by atoms with E-state index >= 15 is 0 Å². The first-order chi connectivity index (χ1) is 13.1. The van der Waals surface area contributed by atoms with Gasteiger partial charge in [0.25, 0.3) is 0 Å². The van der Waals surface area contributed by atoms with Crippen molar-refractivity contribution in [2.75, 3.05) is 25.4 Å². The molecule has 0 spiro atoms. The summed E-state index contributed by atoms with van der Waals surface area (Å²) in [6.45, 7) is 5.17. The lowest BCUT2D eigenvalue weighted by Gasteiger charge is -2.37. The summed E-state index contributed by atoms with van der Waals surface area (Å²) in [5, 5.41) is 3.16. The van der Waals surface area contributed by atoms with E-state index < -0.39 is 0 Å². The van der Waals surface area contributed by atoms with Gasteiger partial charge in [-0.25, -0.2) is 0 Å². The van der Waals surface area contributed by atoms with Crippen LogP contribution in [0.15, 0.2) is 54.6 Å². The van der Waals surface area contributed by atoms with Crippen molar-refractivity contribution in [3.8, 4) is 0 Å². The fraction of sp³-hybridized carbons (Fsp3) is 0.435. The molecule has 1 atom stereocenters. The minimum Gasteiger partial charge on any atom is -0.399 e. The number of para-hydroxylation sites is 1. The lowest BCUT2D eigenvalue weighted by Crippen LogP contribution is -2.42. The van der Waals surface area contributed by atoms with Crippen molar-refractivity contribution in [3.63, 3.8) is 0 Å². The average Bonchev–Trinajstić information content (AvgIpc) is 2.69. The Kier molecular flexibility index (Phi) is 11.1. The van der Waals surface area contributed by atoms with Crippen LogP contribution >= 0.6 is 24.8 Å². The fourth-order valence-electron chi connectivity index (χ4n) is 3.78. The molecule has 1 aliphatic rings. The van der Waals surface area contributed by atoms with Gasteiger partial charge in [-0.1, -0.05) is 55.5 Å². The number of hydrogen-bond acceptors (Lipinski definition) is 3. The van der Waals surface area contributed by atoms with Gasteiger partial charge in [0, 0.05) is 18.7 Å². The largest absolute Gasteiger partial charge is 0.399 e. The van der Waals surface area contributed by atoms with Gasteiger partial charge in [-0.15, -0.1) is 24.8 Å². The summed E-state index contributed by atoms with van der Waals surface area (Å²) in [6, 6.07) is 18.5. The van der Waals surface area contributed by atoms with E-state index in [0.717, 1.165) is 30.3 Å². The number of nitrogens with zero attached hydrogens (tertiary/aromatic N) is 1. The minimum atomic E-state index is 0. The molecule has 29 heavy (non-hydrogen) atoms. The molecule has 1 unspecified atom stereocenters. The molecule has 1 aliphatic heterocycles. The maximum absolute atomic E-state index is 12.4. The Morgan fingerprint density at radius 2 is 1.69 bits per heavy atom. The molecule has 3 N–H and O–H groups in total. The van der Waals surface area contributed by atoms with E-state index in [1.165, 1.54) is 18.4 Å². The first-order valence-corrected chi connectivity index (χ1v) is 10.0. The average molecular weight is 438 g/mol. The van der Waals surface area contributed by atoms with Crippen LogP contribution in [0.1, 0.15) is 43.4 Å². The highest BCUT2D eigenvalue weighted by Crippen LogP contribution is 2.26. The number of aryl methyl sites for hydroxylation is 1. The molecular formula is C23H33Cl2N3O. The Bertz CT molecular complexity index is 734. The van der Waals surface area contributed by atoms with Crippen molar-refractivity contribution >= 4 is 36.4 Å². The third kappa shape index (κ3) is 7.54. The van der Waals surface area contributed by atoms with Gasteiger partial charge >= 0.3 is 0 Å². The number of likely N-dealkylation sites (tertiary alicyclic amines) is 1. The summed E-state index contributed by atoms with van der Waals surface area (Å²) in [4.78, 5) is 14.9. The lowest BCUT2D eigenvalue weighted by molar-refractivity contribution is -0.121. The van der Waals surface area contributed by atoms with Gasteiger partial charge in [-0.3, -0.25) is 9.69 Å². The first kappa shape index (κ1) is 25.3. The summed E-state index contributed by atoms with van der Waals surface area (Å²) < 4.78 is 0. The van der Waals surface area contributed by atoms with Crippen LogP contribution in [0.3, 0.4) is 0 Å². The summed E-state index contributed by atoms with van der Waals surface area (Å²) in [7, 11) is 0. The number of amides is 1. The van der Waals surface area contributed by atoms with Crippen molar-refractivity contribution in [3.05, 3.63) is 65.7 Å². The second-order valence-electron chi connectivity index (χ2n) is 7.65. The molecule has 4 nitrogen and oxygen atoms in total. The fourth-order valence-corrected chi connectivity index (χ4v) is 3.78. The molecule has 3 rings (SSSR count). The van der Waals surface area contributed by atoms with Crippen molar-refractivity contribution in [2.45, 2.75) is 38.6 Å². The van der Waals surface area contributed by atoms with E-state index in [-0.39, 0.29) is 36.8 Å². The molecule has 1 amide bonds. The van der Waals surface area contributed by atoms with Crippen molar-refractivity contribution in [1.82, 2.24) is 10.2 Å². The Hall–Kier alpha value is -1.75. The molecule has 1 saturated heterocycles. The van der Waals surface area contributed by atoms with E-state index in [9.17, 15) is 4.79 Å². The smallest absolute Gasteiger partial charge is 0.220 e. The highest BCUT2D eigenvalue weighted by atomic mass is 35.5. The standard InChI is InChI=1S/C23H31N3O.2ClH/c1-18-13-15-26(16-14-18)22(20-8-3-2-4-9-20)17-25-23(27)12-11-19-7-5-6-10-21(19)24;;/h2-10,18,22H,11-17,24H2,1H3,(H,25,27);2*1H. The van der Waals surface area contributed by atoms with Crippen LogP contribution in [0.25, 0.3) is 0 Å². The summed E-state index contributed by atoms with van der Waals surface area (Å²) in [5.74, 6) is 0.883. The van der Waals surface area contributed by atoms with Gasteiger partial charge in [-0.05, 0) is 55.5 Å². The molecule has 0 radical (unpaired) electrons. The summed E-state index contributed by atoms with van der Waals surface area (Å²) in [6.07, 6.45) is 3.59. The maximum Gasteiger partial charge on any atom is 0.220 e. The molecule has 6 heteroatoms. The van der Waals surface area contributed by atoms with E-state index in [1.54, 1.807) is 0 Å². The lowest BCUT2D eigenvalue weighted by atomic mass is 9.95. The highest BCUT2D eigenvalue weighted by Gasteiger charge is 2.24. The Balaban J connectivity index is 0.00000210. The number of carbonyl (C=O) groups excluding carboxylic acids is 1. The second kappa shape index (κ2) is 12.7. The number of carbonyl (C=O) groups is 1. The third-order valence-electron chi connectivity index (χ3n) is 5.61. The van der Waals surface area contributed by atoms with Crippen LogP contribution in [-0.2, 0) is 11.2 Å². The van der Waals surface area contributed by atoms with Gasteiger partial charge in [0.05, 0.1) is 6.04 Å². The number of piperidine rings is 1. The van der Waals surface area contributed by atoms with Crippen LogP contribution in [-0.4, -0.2) is 30.4 Å². The predicted octanol–water partition coefficient (Wildman–Crippen LogP) is 4.63. The van der Waals surface area contributed by atoms with Gasteiger partial charge in [0.15, 0.2) is 0 Å². The van der Waals surface area contributed by atoms with Gasteiger partial charge < -0.3 is 11.1 Å². The molecule has 160 valence electrons. The molecule has 0 saturated carbocycles. The molecule has 0 aromatic heterocycles. The zero-order chi connectivity index (χ0) is 19.1. The number of anilines is 1. The van der Waals surface area contributed by atoms with E-state index in [4.69, 9.17) is 5.73 Å². The Morgan fingerprint density at radius 1 is 1.07 bits per heavy atom. The van der Waals surface area contributed by atoms with Crippen LogP contribution in [0.2, 0.25) is 0 Å². The molecule has 0 bridgehead atoms. The maximum atomic E-state index is 12.4. The predicted molar refractivity (Wildman–Crippen MR) is 126 cm³/mol. The van der Waals surface area contributed by atoms with Crippen molar-refractivity contribution < 1.29 is 4.79 Å². The monoisotopic (exact) mass is 437 g/mol. The first-order valence-electron chi connectivity index (χ1n) is 10.0. The number of nitrogens with two attached hydrogens (primary N) is 1. The van der Waals surface area contributed by atoms with Crippen LogP contribution in [0.5, 0.6) is 0 Å². The molecule has 0 aliphatic carbocycles. The van der Waals surface area contributed by atoms with E-state index in [1.807, 2.05) is 30.3 Å². The Morgan fingerprint density at radius 3 is 2.34 bits per heavy atom. The molecule has 1 heterocycles. The second-order valence-corrected chi connectivity index (χ2v) is 7.65. The number of rotatable bonds is 7. The number of hydrogen-bond donors (Lipinski definition) is 2. The number of nitrogens with one attached hydrogen (secondary N) is 1. The Labute approximate surface area is 187 Å². The molecule has 2 aromatic rings. The van der Waals surface area contributed by atoms with Gasteiger partial charge in [0.2, 0.25) is 5.91 Å². The number of halogens is 2. The highest BCUT2D eigenvalue weighted by molar-refractivity contribution is 5.85. The van der Waals surface area contributed by atoms with Crippen molar-refractivity contribution in [1.29, 1.82) is 0 Å². The third-order valence-corrected chi connectivity index (χ3v) is 5.61. The molecular weight excluding hydrogens is 405 g/mol. The van der Waals surface area contributed by atoms with Crippen LogP contribution in [0, 0.1) is 5.92 Å². The van der Waals surface area contributed by atoms with Crippen LogP contribution < -0.4 is 11.1 Å². The summed E-state index contributed by atoms with van der Waals surface area (Å²) >= 11 is 0.